The summed E-state index contributed by atoms with van der Waals surface area (Å²) in [6.07, 6.45) is 0. The third-order valence-corrected chi connectivity index (χ3v) is 2.90. The number of nitrogens with zero attached hydrogens (tertiary/aromatic N) is 1. The summed E-state index contributed by atoms with van der Waals surface area (Å²) < 4.78 is 0. The highest BCUT2D eigenvalue weighted by molar-refractivity contribution is 5.72. The van der Waals surface area contributed by atoms with E-state index in [1.165, 1.54) is 11.4 Å². The summed E-state index contributed by atoms with van der Waals surface area (Å²) in [4.78, 5) is 2.51. The predicted octanol–water partition coefficient (Wildman–Crippen LogP) is 2.96. The molecule has 1 unspecified atom stereocenters. The molecule has 82 valence electrons. The van der Waals surface area contributed by atoms with Crippen molar-refractivity contribution in [3.8, 4) is 0 Å². The zero-order valence-electron chi connectivity index (χ0n) is 9.83. The number of nitrogens with one attached hydrogen (secondary N) is 1. The second kappa shape index (κ2) is 4.13. The van der Waals surface area contributed by atoms with Gasteiger partial charge in [-0.15, -0.1) is 0 Å². The lowest BCUT2D eigenvalue weighted by Crippen LogP contribution is -2.43. The minimum Gasteiger partial charge on any atom is -0.381 e. The highest BCUT2D eigenvalue weighted by Crippen LogP contribution is 2.31. The minimum absolute atomic E-state index is 0.585. The van der Waals surface area contributed by atoms with Crippen LogP contribution in [0.2, 0.25) is 0 Å². The normalized spacial score (nSPS) is 20.0. The first-order chi connectivity index (χ1) is 7.18. The van der Waals surface area contributed by atoms with Crippen molar-refractivity contribution in [3.63, 3.8) is 0 Å². The molecule has 1 aliphatic rings. The molecule has 1 aliphatic heterocycles. The molecular weight excluding hydrogens is 184 g/mol. The molecule has 2 rings (SSSR count). The van der Waals surface area contributed by atoms with Crippen LogP contribution in [0.3, 0.4) is 0 Å². The first kappa shape index (κ1) is 10.3. The smallest absolute Gasteiger partial charge is 0.0605 e. The van der Waals surface area contributed by atoms with Gasteiger partial charge in [0, 0.05) is 19.1 Å². The van der Waals surface area contributed by atoms with Crippen molar-refractivity contribution in [1.82, 2.24) is 0 Å². The van der Waals surface area contributed by atoms with Gasteiger partial charge in [-0.1, -0.05) is 26.0 Å². The molecule has 1 atom stereocenters. The largest absolute Gasteiger partial charge is 0.381 e. The Morgan fingerprint density at radius 2 is 2.13 bits per heavy atom. The minimum atomic E-state index is 0.585. The molecule has 2 nitrogen and oxygen atoms in total. The van der Waals surface area contributed by atoms with Gasteiger partial charge in [-0.25, -0.2) is 0 Å². The number of hydrogen-bond donors (Lipinski definition) is 1. The van der Waals surface area contributed by atoms with Gasteiger partial charge in [-0.2, -0.15) is 0 Å². The lowest BCUT2D eigenvalue weighted by Gasteiger charge is -2.38. The summed E-state index contributed by atoms with van der Waals surface area (Å²) in [6.45, 7) is 9.02. The Bertz CT molecular complexity index is 333. The van der Waals surface area contributed by atoms with Gasteiger partial charge in [0.05, 0.1) is 11.4 Å². The molecule has 0 aromatic heterocycles. The SMILES string of the molecule is CC(C)CN1c2ccccc2NCC1C. The third-order valence-electron chi connectivity index (χ3n) is 2.90. The van der Waals surface area contributed by atoms with Crippen molar-refractivity contribution in [2.75, 3.05) is 23.3 Å². The van der Waals surface area contributed by atoms with Crippen LogP contribution in [-0.2, 0) is 0 Å². The Hall–Kier alpha value is -1.18. The zero-order chi connectivity index (χ0) is 10.8. The fourth-order valence-corrected chi connectivity index (χ4v) is 2.15. The zero-order valence-corrected chi connectivity index (χ0v) is 9.83. The standard InChI is InChI=1S/C13H20N2/c1-10(2)9-15-11(3)8-14-12-6-4-5-7-13(12)15/h4-7,10-11,14H,8-9H2,1-3H3. The van der Waals surface area contributed by atoms with E-state index in [1.54, 1.807) is 0 Å². The van der Waals surface area contributed by atoms with Crippen molar-refractivity contribution in [2.24, 2.45) is 5.92 Å². The molecule has 0 aliphatic carbocycles. The third kappa shape index (κ3) is 2.09. The van der Waals surface area contributed by atoms with Crippen molar-refractivity contribution in [1.29, 1.82) is 0 Å². The van der Waals surface area contributed by atoms with Crippen LogP contribution < -0.4 is 10.2 Å². The summed E-state index contributed by atoms with van der Waals surface area (Å²) in [6, 6.07) is 9.16. The number of anilines is 2. The Kier molecular flexibility index (Phi) is 2.85. The fraction of sp³-hybridized carbons (Fsp3) is 0.538. The van der Waals surface area contributed by atoms with E-state index in [-0.39, 0.29) is 0 Å². The number of rotatable bonds is 2. The Labute approximate surface area is 92.3 Å². The van der Waals surface area contributed by atoms with E-state index in [4.69, 9.17) is 0 Å². The van der Waals surface area contributed by atoms with E-state index < -0.39 is 0 Å². The van der Waals surface area contributed by atoms with Gasteiger partial charge in [0.15, 0.2) is 0 Å². The van der Waals surface area contributed by atoms with Crippen molar-refractivity contribution in [3.05, 3.63) is 24.3 Å². The lowest BCUT2D eigenvalue weighted by atomic mass is 10.1. The van der Waals surface area contributed by atoms with E-state index >= 15 is 0 Å². The molecule has 0 amide bonds. The van der Waals surface area contributed by atoms with Crippen LogP contribution in [0, 0.1) is 5.92 Å². The maximum atomic E-state index is 3.47. The van der Waals surface area contributed by atoms with Crippen molar-refractivity contribution in [2.45, 2.75) is 26.8 Å². The van der Waals surface area contributed by atoms with Gasteiger partial charge < -0.3 is 10.2 Å². The van der Waals surface area contributed by atoms with Gasteiger partial charge in [-0.3, -0.25) is 0 Å². The van der Waals surface area contributed by atoms with Gasteiger partial charge in [-0.05, 0) is 25.0 Å². The van der Waals surface area contributed by atoms with Crippen LogP contribution in [0.5, 0.6) is 0 Å². The maximum absolute atomic E-state index is 3.47. The van der Waals surface area contributed by atoms with Crippen LogP contribution in [0.1, 0.15) is 20.8 Å². The fourth-order valence-electron chi connectivity index (χ4n) is 2.15. The molecule has 1 aromatic carbocycles. The first-order valence-corrected chi connectivity index (χ1v) is 5.78. The quantitative estimate of drug-likeness (QED) is 0.796. The number of fused-ring (bicyclic) bond motifs is 1. The highest BCUT2D eigenvalue weighted by Gasteiger charge is 2.22. The number of benzene rings is 1. The molecule has 0 saturated heterocycles. The second-order valence-electron chi connectivity index (χ2n) is 4.79. The van der Waals surface area contributed by atoms with Gasteiger partial charge in [0.25, 0.3) is 0 Å². The maximum Gasteiger partial charge on any atom is 0.0605 e. The molecule has 0 radical (unpaired) electrons. The Balaban J connectivity index is 2.28. The molecule has 1 heterocycles. The molecule has 1 aromatic rings. The number of hydrogen-bond acceptors (Lipinski definition) is 2. The van der Waals surface area contributed by atoms with Crippen LogP contribution in [0.25, 0.3) is 0 Å². The summed E-state index contributed by atoms with van der Waals surface area (Å²) in [5.41, 5.74) is 2.63. The highest BCUT2D eigenvalue weighted by atomic mass is 15.2. The van der Waals surface area contributed by atoms with Crippen LogP contribution in [0.15, 0.2) is 24.3 Å². The average molecular weight is 204 g/mol. The topological polar surface area (TPSA) is 15.3 Å². The summed E-state index contributed by atoms with van der Waals surface area (Å²) in [5, 5.41) is 3.47. The van der Waals surface area contributed by atoms with E-state index in [1.807, 2.05) is 0 Å². The molecule has 2 heteroatoms. The van der Waals surface area contributed by atoms with Gasteiger partial charge in [0.1, 0.15) is 0 Å². The average Bonchev–Trinajstić information content (AvgIpc) is 2.22. The summed E-state index contributed by atoms with van der Waals surface area (Å²) in [5.74, 6) is 0.707. The van der Waals surface area contributed by atoms with Gasteiger partial charge >= 0.3 is 0 Å². The van der Waals surface area contributed by atoms with E-state index in [0.717, 1.165) is 13.1 Å². The van der Waals surface area contributed by atoms with Crippen LogP contribution >= 0.6 is 0 Å². The Morgan fingerprint density at radius 3 is 2.87 bits per heavy atom. The van der Waals surface area contributed by atoms with E-state index in [0.29, 0.717) is 12.0 Å². The van der Waals surface area contributed by atoms with Crippen LogP contribution in [0.4, 0.5) is 11.4 Å². The van der Waals surface area contributed by atoms with Gasteiger partial charge in [0.2, 0.25) is 0 Å². The lowest BCUT2D eigenvalue weighted by molar-refractivity contribution is 0.554. The molecule has 1 N–H and O–H groups in total. The summed E-state index contributed by atoms with van der Waals surface area (Å²) >= 11 is 0. The molecule has 0 bridgehead atoms. The molecule has 0 fully saturated rings. The molecular formula is C13H20N2. The monoisotopic (exact) mass is 204 g/mol. The molecule has 15 heavy (non-hydrogen) atoms. The van der Waals surface area contributed by atoms with E-state index in [9.17, 15) is 0 Å². The Morgan fingerprint density at radius 1 is 1.40 bits per heavy atom. The molecule has 0 saturated carbocycles. The summed E-state index contributed by atoms with van der Waals surface area (Å²) in [7, 11) is 0. The first-order valence-electron chi connectivity index (χ1n) is 5.78. The van der Waals surface area contributed by atoms with Crippen molar-refractivity contribution >= 4 is 11.4 Å². The second-order valence-corrected chi connectivity index (χ2v) is 4.79. The van der Waals surface area contributed by atoms with Crippen LogP contribution in [-0.4, -0.2) is 19.1 Å². The number of para-hydroxylation sites is 2. The van der Waals surface area contributed by atoms with E-state index in [2.05, 4.69) is 55.3 Å². The predicted molar refractivity (Wildman–Crippen MR) is 66.6 cm³/mol. The molecule has 0 spiro atoms. The van der Waals surface area contributed by atoms with Crippen molar-refractivity contribution < 1.29 is 0 Å².